The van der Waals surface area contributed by atoms with Gasteiger partial charge in [-0.15, -0.1) is 0 Å². The van der Waals surface area contributed by atoms with E-state index in [0.717, 1.165) is 11.4 Å². The number of hydrogen-bond acceptors (Lipinski definition) is 1. The summed E-state index contributed by atoms with van der Waals surface area (Å²) in [5.74, 6) is 0.712. The minimum Gasteiger partial charge on any atom is -0.309 e. The molecule has 4 heterocycles. The maximum atomic E-state index is 2.58. The summed E-state index contributed by atoms with van der Waals surface area (Å²) in [5, 5.41) is 13.2. The third-order valence-electron chi connectivity index (χ3n) is 12.9. The third-order valence-corrected chi connectivity index (χ3v) is 12.9. The number of anilines is 3. The highest BCUT2D eigenvalue weighted by molar-refractivity contribution is 6.44. The summed E-state index contributed by atoms with van der Waals surface area (Å²) in [7, 11) is 0. The Balaban J connectivity index is 1.42. The Morgan fingerprint density at radius 3 is 1.49 bits per heavy atom. The third kappa shape index (κ3) is 3.29. The van der Waals surface area contributed by atoms with Crippen molar-refractivity contribution in [3.05, 3.63) is 163 Å². The number of fused-ring (bicyclic) bond motifs is 10. The van der Waals surface area contributed by atoms with Crippen LogP contribution in [0.5, 0.6) is 0 Å². The van der Waals surface area contributed by atoms with Gasteiger partial charge in [-0.05, 0) is 89.7 Å². The lowest BCUT2D eigenvalue weighted by atomic mass is 9.83. The molecule has 4 bridgehead atoms. The number of rotatable bonds is 3. The van der Waals surface area contributed by atoms with E-state index in [4.69, 9.17) is 0 Å². The molecule has 0 fully saturated rings. The normalized spacial score (nSPS) is 16.1. The summed E-state index contributed by atoms with van der Waals surface area (Å²) >= 11 is 0. The van der Waals surface area contributed by atoms with Crippen molar-refractivity contribution in [2.75, 3.05) is 4.90 Å². The first kappa shape index (κ1) is 28.1. The minimum absolute atomic E-state index is 0.356. The molecule has 12 aromatic rings. The lowest BCUT2D eigenvalue weighted by Crippen LogP contribution is -2.11. The SMILES string of the molecule is CC1c2ccc3c(c2)c2c4c(cc5c6ccccc6n3c52)c(N(c2ccccc2)c2ccccc2)c2c3ccccc3n3c5ccc(cc5c4c23)C1C. The predicted molar refractivity (Wildman–Crippen MR) is 225 cm³/mol. The first-order chi connectivity index (χ1) is 26.2. The van der Waals surface area contributed by atoms with Crippen LogP contribution >= 0.6 is 0 Å². The van der Waals surface area contributed by atoms with Gasteiger partial charge < -0.3 is 13.7 Å². The molecule has 0 radical (unpaired) electrons. The van der Waals surface area contributed by atoms with Crippen LogP contribution in [0.4, 0.5) is 17.1 Å². The molecule has 1 aliphatic carbocycles. The van der Waals surface area contributed by atoms with E-state index in [1.807, 2.05) is 0 Å². The van der Waals surface area contributed by atoms with Crippen LogP contribution in [0.3, 0.4) is 0 Å². The second-order valence-corrected chi connectivity index (χ2v) is 15.4. The topological polar surface area (TPSA) is 12.1 Å². The maximum Gasteiger partial charge on any atom is 0.0648 e. The number of aromatic nitrogens is 2. The van der Waals surface area contributed by atoms with Gasteiger partial charge in [-0.25, -0.2) is 0 Å². The van der Waals surface area contributed by atoms with E-state index < -0.39 is 0 Å². The molecule has 13 rings (SSSR count). The van der Waals surface area contributed by atoms with Gasteiger partial charge in [-0.1, -0.05) is 98.8 Å². The highest BCUT2D eigenvalue weighted by Gasteiger charge is 2.32. The Morgan fingerprint density at radius 2 is 0.868 bits per heavy atom. The van der Waals surface area contributed by atoms with Gasteiger partial charge in [0.25, 0.3) is 0 Å². The van der Waals surface area contributed by atoms with Gasteiger partial charge in [0.1, 0.15) is 0 Å². The molecule has 0 N–H and O–H groups in total. The standard InChI is InChI=1S/C50H33N3/c1-28-29(2)31-22-24-43-38(26-31)46-44-39(27-36-34-17-9-11-19-40(34)52-42-23-21-30(28)25-37(42)45(44)48(36)52)49(47-35-18-10-12-20-41(35)53(43)50(46)47)51(32-13-5-3-6-14-32)33-15-7-4-8-16-33/h3-29H,1-2H3. The number of benzene rings is 8. The van der Waals surface area contributed by atoms with Gasteiger partial charge in [0.15, 0.2) is 0 Å². The highest BCUT2D eigenvalue weighted by Crippen LogP contribution is 2.56. The zero-order chi connectivity index (χ0) is 34.7. The molecule has 1 aliphatic rings. The van der Waals surface area contributed by atoms with Gasteiger partial charge in [0, 0.05) is 65.2 Å². The molecule has 248 valence electrons. The van der Waals surface area contributed by atoms with Crippen molar-refractivity contribution in [3.63, 3.8) is 0 Å². The number of hydrogen-bond donors (Lipinski definition) is 0. The molecule has 2 atom stereocenters. The summed E-state index contributed by atoms with van der Waals surface area (Å²) < 4.78 is 5.14. The van der Waals surface area contributed by atoms with Crippen LogP contribution in [-0.4, -0.2) is 8.80 Å². The van der Waals surface area contributed by atoms with Crippen molar-refractivity contribution in [2.24, 2.45) is 0 Å². The highest BCUT2D eigenvalue weighted by atomic mass is 15.1. The largest absolute Gasteiger partial charge is 0.309 e. The number of nitrogens with zero attached hydrogens (tertiary/aromatic N) is 3. The fourth-order valence-corrected chi connectivity index (χ4v) is 10.4. The summed E-state index contributed by atoms with van der Waals surface area (Å²) in [6.07, 6.45) is 0. The Labute approximate surface area is 305 Å². The molecule has 0 aliphatic heterocycles. The summed E-state index contributed by atoms with van der Waals surface area (Å²) in [6.45, 7) is 4.83. The van der Waals surface area contributed by atoms with E-state index in [1.165, 1.54) is 104 Å². The molecular weight excluding hydrogens is 643 g/mol. The smallest absolute Gasteiger partial charge is 0.0648 e. The van der Waals surface area contributed by atoms with E-state index in [9.17, 15) is 0 Å². The lowest BCUT2D eigenvalue weighted by Gasteiger charge is -2.28. The molecule has 2 unspecified atom stereocenters. The summed E-state index contributed by atoms with van der Waals surface area (Å²) in [5.41, 5.74) is 14.0. The van der Waals surface area contributed by atoms with Crippen LogP contribution in [-0.2, 0) is 0 Å². The van der Waals surface area contributed by atoms with E-state index in [2.05, 4.69) is 179 Å². The Hall–Kier alpha value is -6.58. The second kappa shape index (κ2) is 9.64. The minimum atomic E-state index is 0.356. The molecule has 4 aromatic heterocycles. The Kier molecular flexibility index (Phi) is 5.10. The molecule has 0 spiro atoms. The molecule has 53 heavy (non-hydrogen) atoms. The van der Waals surface area contributed by atoms with Crippen molar-refractivity contribution < 1.29 is 0 Å². The number of para-hydroxylation sites is 4. The second-order valence-electron chi connectivity index (χ2n) is 15.4. The van der Waals surface area contributed by atoms with Crippen LogP contribution in [0.2, 0.25) is 0 Å². The van der Waals surface area contributed by atoms with Crippen LogP contribution in [0.1, 0.15) is 36.8 Å². The van der Waals surface area contributed by atoms with Gasteiger partial charge in [-0.2, -0.15) is 0 Å². The monoisotopic (exact) mass is 675 g/mol. The van der Waals surface area contributed by atoms with Crippen molar-refractivity contribution in [3.8, 4) is 0 Å². The van der Waals surface area contributed by atoms with Gasteiger partial charge in [-0.3, -0.25) is 0 Å². The van der Waals surface area contributed by atoms with Crippen molar-refractivity contribution in [2.45, 2.75) is 25.7 Å². The van der Waals surface area contributed by atoms with Gasteiger partial charge in [0.05, 0.1) is 38.8 Å². The van der Waals surface area contributed by atoms with Crippen LogP contribution in [0.15, 0.2) is 152 Å². The molecular formula is C50H33N3. The van der Waals surface area contributed by atoms with Crippen molar-refractivity contribution in [1.82, 2.24) is 8.80 Å². The quantitative estimate of drug-likeness (QED) is 0.182. The van der Waals surface area contributed by atoms with E-state index in [1.54, 1.807) is 0 Å². The molecule has 0 saturated carbocycles. The fourth-order valence-electron chi connectivity index (χ4n) is 10.4. The van der Waals surface area contributed by atoms with E-state index in [-0.39, 0.29) is 0 Å². The van der Waals surface area contributed by atoms with Gasteiger partial charge >= 0.3 is 0 Å². The molecule has 8 aromatic carbocycles. The van der Waals surface area contributed by atoms with E-state index >= 15 is 0 Å². The zero-order valence-corrected chi connectivity index (χ0v) is 29.4. The maximum absolute atomic E-state index is 2.58. The Bertz CT molecular complexity index is 3410. The Morgan fingerprint density at radius 1 is 0.377 bits per heavy atom. The molecule has 3 nitrogen and oxygen atoms in total. The first-order valence-electron chi connectivity index (χ1n) is 18.9. The van der Waals surface area contributed by atoms with Crippen molar-refractivity contribution in [1.29, 1.82) is 0 Å². The first-order valence-corrected chi connectivity index (χ1v) is 18.9. The van der Waals surface area contributed by atoms with Crippen LogP contribution < -0.4 is 4.90 Å². The van der Waals surface area contributed by atoms with Gasteiger partial charge in [0.2, 0.25) is 0 Å². The van der Waals surface area contributed by atoms with E-state index in [0.29, 0.717) is 11.8 Å². The van der Waals surface area contributed by atoms with Crippen LogP contribution in [0, 0.1) is 0 Å². The molecule has 0 saturated heterocycles. The average molecular weight is 676 g/mol. The predicted octanol–water partition coefficient (Wildman–Crippen LogP) is 13.8. The zero-order valence-electron chi connectivity index (χ0n) is 29.4. The lowest BCUT2D eigenvalue weighted by molar-refractivity contribution is 0.625. The summed E-state index contributed by atoms with van der Waals surface area (Å²) in [4.78, 5) is 2.53. The summed E-state index contributed by atoms with van der Waals surface area (Å²) in [6, 6.07) is 57.2. The fraction of sp³-hybridized carbons (Fsp3) is 0.0800. The molecule has 3 heteroatoms. The average Bonchev–Trinajstić information content (AvgIpc) is 3.94. The molecule has 0 amide bonds. The van der Waals surface area contributed by atoms with Crippen molar-refractivity contribution >= 4 is 104 Å². The van der Waals surface area contributed by atoms with Crippen LogP contribution in [0.25, 0.3) is 87.0 Å².